The summed E-state index contributed by atoms with van der Waals surface area (Å²) in [5.41, 5.74) is 9.30. The van der Waals surface area contributed by atoms with Crippen LogP contribution in [0.4, 0.5) is 11.4 Å². The lowest BCUT2D eigenvalue weighted by Crippen LogP contribution is -2.28. The Hall–Kier alpha value is -1.96. The van der Waals surface area contributed by atoms with E-state index < -0.39 is 0 Å². The second-order valence-corrected chi connectivity index (χ2v) is 5.54. The molecule has 0 atom stereocenters. The number of aryl methyl sites for hydroxylation is 1. The molecule has 0 aliphatic carbocycles. The van der Waals surface area contributed by atoms with E-state index in [0.717, 1.165) is 24.5 Å². The molecule has 2 rings (SSSR count). The van der Waals surface area contributed by atoms with Gasteiger partial charge in [-0.15, -0.1) is 24.0 Å². The predicted molar refractivity (Wildman–Crippen MR) is 118 cm³/mol. The average Bonchev–Trinajstić information content (AvgIpc) is 2.59. The third-order valence-electron chi connectivity index (χ3n) is 3.74. The summed E-state index contributed by atoms with van der Waals surface area (Å²) in [4.78, 5) is 6.70. The molecule has 6 heteroatoms. The van der Waals surface area contributed by atoms with Crippen LogP contribution in [-0.2, 0) is 0 Å². The van der Waals surface area contributed by atoms with Crippen LogP contribution < -0.4 is 20.7 Å². The summed E-state index contributed by atoms with van der Waals surface area (Å²) in [6, 6.07) is 16.1. The minimum atomic E-state index is 0. The number of halogens is 1. The number of ether oxygens (including phenoxy) is 1. The molecule has 0 bridgehead atoms. The number of nitrogens with zero attached hydrogens (tertiary/aromatic N) is 2. The molecule has 136 valence electrons. The van der Waals surface area contributed by atoms with E-state index in [1.54, 1.807) is 7.11 Å². The summed E-state index contributed by atoms with van der Waals surface area (Å²) in [6.45, 7) is 6.63. The molecule has 0 heterocycles. The SMILES string of the molecule is CCN(CCN=C(N)Nc1cccc(OC)c1)c1cccc(C)c1.I. The number of guanidine groups is 1. The van der Waals surface area contributed by atoms with E-state index in [4.69, 9.17) is 10.5 Å². The van der Waals surface area contributed by atoms with Crippen LogP contribution in [0, 0.1) is 6.92 Å². The Morgan fingerprint density at radius 1 is 1.20 bits per heavy atom. The maximum Gasteiger partial charge on any atom is 0.193 e. The van der Waals surface area contributed by atoms with E-state index in [0.29, 0.717) is 12.5 Å². The van der Waals surface area contributed by atoms with E-state index >= 15 is 0 Å². The van der Waals surface area contributed by atoms with Gasteiger partial charge in [0, 0.05) is 30.5 Å². The molecule has 0 unspecified atom stereocenters. The first-order valence-electron chi connectivity index (χ1n) is 8.15. The number of hydrogen-bond donors (Lipinski definition) is 2. The molecule has 0 radical (unpaired) electrons. The van der Waals surface area contributed by atoms with Gasteiger partial charge in [0.15, 0.2) is 5.96 Å². The van der Waals surface area contributed by atoms with E-state index in [-0.39, 0.29) is 24.0 Å². The summed E-state index contributed by atoms with van der Waals surface area (Å²) < 4.78 is 5.19. The van der Waals surface area contributed by atoms with Crippen LogP contribution in [0.15, 0.2) is 53.5 Å². The number of rotatable bonds is 7. The van der Waals surface area contributed by atoms with Gasteiger partial charge in [0.1, 0.15) is 5.75 Å². The Morgan fingerprint density at radius 3 is 2.64 bits per heavy atom. The summed E-state index contributed by atoms with van der Waals surface area (Å²) in [7, 11) is 1.64. The monoisotopic (exact) mass is 454 g/mol. The summed E-state index contributed by atoms with van der Waals surface area (Å²) >= 11 is 0. The molecule has 0 spiro atoms. The van der Waals surface area contributed by atoms with Gasteiger partial charge in [-0.25, -0.2) is 0 Å². The van der Waals surface area contributed by atoms with E-state index in [1.165, 1.54) is 11.3 Å². The molecule has 0 aliphatic heterocycles. The molecule has 0 saturated heterocycles. The Labute approximate surface area is 167 Å². The molecule has 2 aromatic carbocycles. The molecule has 25 heavy (non-hydrogen) atoms. The van der Waals surface area contributed by atoms with Gasteiger partial charge in [-0.2, -0.15) is 0 Å². The second-order valence-electron chi connectivity index (χ2n) is 5.54. The highest BCUT2D eigenvalue weighted by atomic mass is 127. The van der Waals surface area contributed by atoms with Gasteiger partial charge in [-0.3, -0.25) is 4.99 Å². The lowest BCUT2D eigenvalue weighted by atomic mass is 10.2. The minimum absolute atomic E-state index is 0. The Bertz CT molecular complexity index is 691. The number of aliphatic imine (C=N–C) groups is 1. The molecule has 5 nitrogen and oxygen atoms in total. The van der Waals surface area contributed by atoms with Crippen molar-refractivity contribution >= 4 is 41.3 Å². The Kier molecular flexibility index (Phi) is 9.12. The lowest BCUT2D eigenvalue weighted by molar-refractivity contribution is 0.415. The van der Waals surface area contributed by atoms with Crippen molar-refractivity contribution < 1.29 is 4.74 Å². The fraction of sp³-hybridized carbons (Fsp3) is 0.316. The van der Waals surface area contributed by atoms with Crippen LogP contribution in [0.3, 0.4) is 0 Å². The van der Waals surface area contributed by atoms with E-state index in [2.05, 4.69) is 53.3 Å². The fourth-order valence-corrected chi connectivity index (χ4v) is 2.47. The van der Waals surface area contributed by atoms with Crippen LogP contribution in [0.2, 0.25) is 0 Å². The summed E-state index contributed by atoms with van der Waals surface area (Å²) in [5, 5.41) is 3.09. The van der Waals surface area contributed by atoms with Crippen LogP contribution in [0.5, 0.6) is 5.75 Å². The van der Waals surface area contributed by atoms with Crippen molar-refractivity contribution in [3.05, 3.63) is 54.1 Å². The number of hydrogen-bond acceptors (Lipinski definition) is 3. The van der Waals surface area contributed by atoms with Gasteiger partial charge in [0.25, 0.3) is 0 Å². The van der Waals surface area contributed by atoms with Crippen molar-refractivity contribution in [2.75, 3.05) is 37.0 Å². The van der Waals surface area contributed by atoms with Crippen molar-refractivity contribution in [3.8, 4) is 5.75 Å². The Morgan fingerprint density at radius 2 is 1.96 bits per heavy atom. The first kappa shape index (κ1) is 21.1. The zero-order chi connectivity index (χ0) is 17.4. The van der Waals surface area contributed by atoms with Crippen LogP contribution in [-0.4, -0.2) is 32.7 Å². The van der Waals surface area contributed by atoms with Gasteiger partial charge in [0.2, 0.25) is 0 Å². The Balaban J connectivity index is 0.00000312. The average molecular weight is 454 g/mol. The van der Waals surface area contributed by atoms with E-state index in [9.17, 15) is 0 Å². The standard InChI is InChI=1S/C19H26N4O.HI/c1-4-23(17-9-5-7-15(2)13-17)12-11-21-19(20)22-16-8-6-10-18(14-16)24-3;/h5-10,13-14H,4,11-12H2,1-3H3,(H3,20,21,22);1H. The molecule has 3 N–H and O–H groups in total. The van der Waals surface area contributed by atoms with Crippen molar-refractivity contribution in [2.45, 2.75) is 13.8 Å². The molecular formula is C19H27IN4O. The van der Waals surface area contributed by atoms with E-state index in [1.807, 2.05) is 24.3 Å². The number of anilines is 2. The molecule has 2 aromatic rings. The first-order chi connectivity index (χ1) is 11.6. The molecule has 0 amide bonds. The topological polar surface area (TPSA) is 62.9 Å². The van der Waals surface area contributed by atoms with Gasteiger partial charge in [0.05, 0.1) is 13.7 Å². The zero-order valence-corrected chi connectivity index (χ0v) is 17.4. The molecule has 0 aliphatic rings. The maximum absolute atomic E-state index is 5.97. The summed E-state index contributed by atoms with van der Waals surface area (Å²) in [5.74, 6) is 1.19. The molecule has 0 aromatic heterocycles. The lowest BCUT2D eigenvalue weighted by Gasteiger charge is -2.22. The van der Waals surface area contributed by atoms with Crippen molar-refractivity contribution in [2.24, 2.45) is 10.7 Å². The molecule has 0 fully saturated rings. The minimum Gasteiger partial charge on any atom is -0.497 e. The number of methoxy groups -OCH3 is 1. The third-order valence-corrected chi connectivity index (χ3v) is 3.74. The highest BCUT2D eigenvalue weighted by molar-refractivity contribution is 14.0. The van der Waals surface area contributed by atoms with Gasteiger partial charge >= 0.3 is 0 Å². The largest absolute Gasteiger partial charge is 0.497 e. The smallest absolute Gasteiger partial charge is 0.193 e. The second kappa shape index (κ2) is 10.8. The fourth-order valence-electron chi connectivity index (χ4n) is 2.47. The number of likely N-dealkylation sites (N-methyl/N-ethyl adjacent to an activating group) is 1. The normalized spacial score (nSPS) is 10.8. The highest BCUT2D eigenvalue weighted by Crippen LogP contribution is 2.17. The third kappa shape index (κ3) is 6.81. The molecular weight excluding hydrogens is 427 g/mol. The van der Waals surface area contributed by atoms with Crippen molar-refractivity contribution in [3.63, 3.8) is 0 Å². The van der Waals surface area contributed by atoms with Gasteiger partial charge < -0.3 is 20.7 Å². The zero-order valence-electron chi connectivity index (χ0n) is 15.0. The van der Waals surface area contributed by atoms with Gasteiger partial charge in [-0.05, 0) is 43.7 Å². The number of nitrogens with one attached hydrogen (secondary N) is 1. The maximum atomic E-state index is 5.97. The predicted octanol–water partition coefficient (Wildman–Crippen LogP) is 3.87. The van der Waals surface area contributed by atoms with Crippen molar-refractivity contribution in [1.29, 1.82) is 0 Å². The number of benzene rings is 2. The van der Waals surface area contributed by atoms with Crippen LogP contribution >= 0.6 is 24.0 Å². The highest BCUT2D eigenvalue weighted by Gasteiger charge is 2.04. The van der Waals surface area contributed by atoms with Crippen LogP contribution in [0.1, 0.15) is 12.5 Å². The quantitative estimate of drug-likeness (QED) is 0.379. The van der Waals surface area contributed by atoms with Gasteiger partial charge in [-0.1, -0.05) is 18.2 Å². The first-order valence-corrected chi connectivity index (χ1v) is 8.15. The number of nitrogens with two attached hydrogens (primary N) is 1. The summed E-state index contributed by atoms with van der Waals surface area (Å²) in [6.07, 6.45) is 0. The molecule has 0 saturated carbocycles. The van der Waals surface area contributed by atoms with Crippen molar-refractivity contribution in [1.82, 2.24) is 0 Å². The van der Waals surface area contributed by atoms with Crippen LogP contribution in [0.25, 0.3) is 0 Å².